The highest BCUT2D eigenvalue weighted by atomic mass is 35.5. The Hall–Kier alpha value is -2.05. The van der Waals surface area contributed by atoms with E-state index >= 15 is 0 Å². The number of nitriles is 1. The van der Waals surface area contributed by atoms with Crippen LogP contribution in [0.15, 0.2) is 42.5 Å². The summed E-state index contributed by atoms with van der Waals surface area (Å²) in [4.78, 5) is 0. The first-order chi connectivity index (χ1) is 8.19. The van der Waals surface area contributed by atoms with E-state index in [1.54, 1.807) is 18.2 Å². The third-order valence-electron chi connectivity index (χ3n) is 2.21. The average Bonchev–Trinajstić information content (AvgIpc) is 2.31. The standard InChI is InChI=1S/C13H8ClFN2/c14-10-2-1-3-12(7-10)17-13-5-4-11(15)6-9(13)8-16/h1-7,17H. The molecule has 0 atom stereocenters. The second-order valence-electron chi connectivity index (χ2n) is 3.44. The van der Waals surface area contributed by atoms with Crippen LogP contribution in [-0.2, 0) is 0 Å². The van der Waals surface area contributed by atoms with Gasteiger partial charge in [0.25, 0.3) is 0 Å². The highest BCUT2D eigenvalue weighted by Gasteiger charge is 2.04. The second-order valence-corrected chi connectivity index (χ2v) is 3.87. The topological polar surface area (TPSA) is 35.8 Å². The highest BCUT2D eigenvalue weighted by molar-refractivity contribution is 6.30. The Bertz CT molecular complexity index is 590. The van der Waals surface area contributed by atoms with Crippen LogP contribution in [0.25, 0.3) is 0 Å². The van der Waals surface area contributed by atoms with Crippen molar-refractivity contribution in [3.8, 4) is 6.07 Å². The van der Waals surface area contributed by atoms with Gasteiger partial charge < -0.3 is 5.32 Å². The fourth-order valence-corrected chi connectivity index (χ4v) is 1.63. The lowest BCUT2D eigenvalue weighted by atomic mass is 10.2. The van der Waals surface area contributed by atoms with Crippen molar-refractivity contribution in [1.82, 2.24) is 0 Å². The van der Waals surface area contributed by atoms with Gasteiger partial charge in [-0.15, -0.1) is 0 Å². The van der Waals surface area contributed by atoms with Gasteiger partial charge in [0.1, 0.15) is 11.9 Å². The summed E-state index contributed by atoms with van der Waals surface area (Å²) in [6.07, 6.45) is 0. The molecule has 0 amide bonds. The predicted molar refractivity (Wildman–Crippen MR) is 65.8 cm³/mol. The first-order valence-corrected chi connectivity index (χ1v) is 5.29. The van der Waals surface area contributed by atoms with Crippen molar-refractivity contribution in [2.75, 3.05) is 5.32 Å². The van der Waals surface area contributed by atoms with E-state index in [0.29, 0.717) is 10.7 Å². The molecule has 0 fully saturated rings. The minimum Gasteiger partial charge on any atom is -0.354 e. The summed E-state index contributed by atoms with van der Waals surface area (Å²) in [7, 11) is 0. The van der Waals surface area contributed by atoms with Gasteiger partial charge in [0, 0.05) is 10.7 Å². The number of benzene rings is 2. The monoisotopic (exact) mass is 246 g/mol. The Kier molecular flexibility index (Phi) is 3.27. The molecule has 0 saturated heterocycles. The molecule has 0 radical (unpaired) electrons. The average molecular weight is 247 g/mol. The lowest BCUT2D eigenvalue weighted by Crippen LogP contribution is -1.94. The van der Waals surface area contributed by atoms with Gasteiger partial charge in [-0.3, -0.25) is 0 Å². The molecular weight excluding hydrogens is 239 g/mol. The van der Waals surface area contributed by atoms with Crippen LogP contribution in [-0.4, -0.2) is 0 Å². The van der Waals surface area contributed by atoms with Gasteiger partial charge in [-0.2, -0.15) is 5.26 Å². The van der Waals surface area contributed by atoms with Crippen LogP contribution in [0, 0.1) is 17.1 Å². The molecule has 2 nitrogen and oxygen atoms in total. The van der Waals surface area contributed by atoms with Crippen molar-refractivity contribution in [1.29, 1.82) is 5.26 Å². The molecule has 0 heterocycles. The van der Waals surface area contributed by atoms with Crippen LogP contribution in [0.1, 0.15) is 5.56 Å². The molecule has 2 aromatic rings. The molecule has 0 aliphatic rings. The normalized spacial score (nSPS) is 9.71. The molecule has 0 saturated carbocycles. The maximum absolute atomic E-state index is 12.9. The summed E-state index contributed by atoms with van der Waals surface area (Å²) in [5.74, 6) is -0.432. The van der Waals surface area contributed by atoms with E-state index in [4.69, 9.17) is 16.9 Å². The van der Waals surface area contributed by atoms with Crippen molar-refractivity contribution < 1.29 is 4.39 Å². The summed E-state index contributed by atoms with van der Waals surface area (Å²) in [6.45, 7) is 0. The van der Waals surface area contributed by atoms with E-state index in [0.717, 1.165) is 5.69 Å². The molecule has 0 aliphatic carbocycles. The number of halogens is 2. The Balaban J connectivity index is 2.34. The lowest BCUT2D eigenvalue weighted by molar-refractivity contribution is 0.627. The zero-order valence-corrected chi connectivity index (χ0v) is 9.50. The number of anilines is 2. The molecule has 0 unspecified atom stereocenters. The van der Waals surface area contributed by atoms with Crippen molar-refractivity contribution >= 4 is 23.0 Å². The van der Waals surface area contributed by atoms with Crippen molar-refractivity contribution in [2.45, 2.75) is 0 Å². The van der Waals surface area contributed by atoms with Crippen LogP contribution in [0.4, 0.5) is 15.8 Å². The van der Waals surface area contributed by atoms with E-state index in [-0.39, 0.29) is 5.56 Å². The van der Waals surface area contributed by atoms with Gasteiger partial charge in [-0.25, -0.2) is 4.39 Å². The molecule has 0 aliphatic heterocycles. The smallest absolute Gasteiger partial charge is 0.124 e. The Morgan fingerprint density at radius 2 is 2.00 bits per heavy atom. The van der Waals surface area contributed by atoms with Crippen LogP contribution in [0.5, 0.6) is 0 Å². The summed E-state index contributed by atoms with van der Waals surface area (Å²) >= 11 is 5.84. The van der Waals surface area contributed by atoms with Crippen LogP contribution >= 0.6 is 11.6 Å². The quantitative estimate of drug-likeness (QED) is 0.866. The maximum Gasteiger partial charge on any atom is 0.124 e. The van der Waals surface area contributed by atoms with Gasteiger partial charge in [-0.1, -0.05) is 17.7 Å². The molecule has 1 N–H and O–H groups in total. The van der Waals surface area contributed by atoms with E-state index in [1.165, 1.54) is 18.2 Å². The van der Waals surface area contributed by atoms with Crippen LogP contribution in [0.2, 0.25) is 5.02 Å². The van der Waals surface area contributed by atoms with E-state index in [1.807, 2.05) is 12.1 Å². The van der Waals surface area contributed by atoms with Crippen molar-refractivity contribution in [3.63, 3.8) is 0 Å². The maximum atomic E-state index is 12.9. The Morgan fingerprint density at radius 3 is 2.71 bits per heavy atom. The van der Waals surface area contributed by atoms with Crippen LogP contribution in [0.3, 0.4) is 0 Å². The zero-order chi connectivity index (χ0) is 12.3. The summed E-state index contributed by atoms with van der Waals surface area (Å²) in [6, 6.07) is 13.0. The minimum absolute atomic E-state index is 0.255. The molecular formula is C13H8ClFN2. The summed E-state index contributed by atoms with van der Waals surface area (Å²) in [5, 5.41) is 12.5. The van der Waals surface area contributed by atoms with Gasteiger partial charge in [-0.05, 0) is 36.4 Å². The lowest BCUT2D eigenvalue weighted by Gasteiger charge is -2.08. The van der Waals surface area contributed by atoms with Gasteiger partial charge in [0.05, 0.1) is 11.3 Å². The molecule has 0 spiro atoms. The summed E-state index contributed by atoms with van der Waals surface area (Å²) in [5.41, 5.74) is 1.56. The SMILES string of the molecule is N#Cc1cc(F)ccc1Nc1cccc(Cl)c1. The molecule has 17 heavy (non-hydrogen) atoms. The zero-order valence-electron chi connectivity index (χ0n) is 8.74. The predicted octanol–water partition coefficient (Wildman–Crippen LogP) is 4.09. The van der Waals surface area contributed by atoms with E-state index in [2.05, 4.69) is 5.32 Å². The van der Waals surface area contributed by atoms with Gasteiger partial charge in [0.2, 0.25) is 0 Å². The minimum atomic E-state index is -0.432. The number of hydrogen-bond donors (Lipinski definition) is 1. The third-order valence-corrected chi connectivity index (χ3v) is 2.44. The fourth-order valence-electron chi connectivity index (χ4n) is 1.44. The Labute approximate surface area is 103 Å². The Morgan fingerprint density at radius 1 is 1.18 bits per heavy atom. The number of nitrogens with zero attached hydrogens (tertiary/aromatic N) is 1. The number of rotatable bonds is 2. The molecule has 0 aromatic heterocycles. The van der Waals surface area contributed by atoms with Crippen molar-refractivity contribution in [3.05, 3.63) is 58.9 Å². The highest BCUT2D eigenvalue weighted by Crippen LogP contribution is 2.23. The van der Waals surface area contributed by atoms with Gasteiger partial charge >= 0.3 is 0 Å². The van der Waals surface area contributed by atoms with Crippen LogP contribution < -0.4 is 5.32 Å². The first-order valence-electron chi connectivity index (χ1n) is 4.91. The second kappa shape index (κ2) is 4.86. The number of hydrogen-bond acceptors (Lipinski definition) is 2. The third kappa shape index (κ3) is 2.74. The van der Waals surface area contributed by atoms with E-state index in [9.17, 15) is 4.39 Å². The molecule has 4 heteroatoms. The summed E-state index contributed by atoms with van der Waals surface area (Å²) < 4.78 is 12.9. The van der Waals surface area contributed by atoms with Crippen molar-refractivity contribution in [2.24, 2.45) is 0 Å². The largest absolute Gasteiger partial charge is 0.354 e. The molecule has 84 valence electrons. The fraction of sp³-hybridized carbons (Fsp3) is 0. The first kappa shape index (κ1) is 11.4. The number of nitrogens with one attached hydrogen (secondary N) is 1. The van der Waals surface area contributed by atoms with Gasteiger partial charge in [0.15, 0.2) is 0 Å². The molecule has 0 bridgehead atoms. The van der Waals surface area contributed by atoms with E-state index < -0.39 is 5.82 Å². The molecule has 2 rings (SSSR count). The molecule has 2 aromatic carbocycles.